The molecule has 7 nitrogen and oxygen atoms in total. The first kappa shape index (κ1) is 12.7. The molecule has 0 radical (unpaired) electrons. The fourth-order valence-corrected chi connectivity index (χ4v) is 1.67. The van der Waals surface area contributed by atoms with Gasteiger partial charge in [-0.15, -0.1) is 0 Å². The molecule has 0 unspecified atom stereocenters. The van der Waals surface area contributed by atoms with Crippen molar-refractivity contribution in [1.82, 2.24) is 15.2 Å². The van der Waals surface area contributed by atoms with Gasteiger partial charge in [0, 0.05) is 12.2 Å². The Hall–Kier alpha value is -2.70. The third-order valence-corrected chi connectivity index (χ3v) is 2.54. The highest BCUT2D eigenvalue weighted by Gasteiger charge is 2.20. The molecule has 0 atom stereocenters. The van der Waals surface area contributed by atoms with Crippen LogP contribution in [0, 0.1) is 0 Å². The summed E-state index contributed by atoms with van der Waals surface area (Å²) in [6.45, 7) is 2.16. The summed E-state index contributed by atoms with van der Waals surface area (Å²) in [5.41, 5.74) is -1.24. The largest absolute Gasteiger partial charge is 0.342 e. The van der Waals surface area contributed by atoms with Gasteiger partial charge in [-0.3, -0.25) is 14.6 Å². The zero-order chi connectivity index (χ0) is 13.8. The van der Waals surface area contributed by atoms with Crippen molar-refractivity contribution in [3.05, 3.63) is 56.9 Å². The van der Waals surface area contributed by atoms with E-state index in [1.54, 1.807) is 31.2 Å². The molecule has 0 aliphatic rings. The number of nitrogens with one attached hydrogen (secondary N) is 2. The second-order valence-corrected chi connectivity index (χ2v) is 3.74. The lowest BCUT2D eigenvalue weighted by Crippen LogP contribution is -2.38. The van der Waals surface area contributed by atoms with Crippen LogP contribution >= 0.6 is 0 Å². The summed E-state index contributed by atoms with van der Waals surface area (Å²) in [5, 5.41) is 5.54. The van der Waals surface area contributed by atoms with Crippen molar-refractivity contribution < 1.29 is 4.79 Å². The Morgan fingerprint density at radius 1 is 1.26 bits per heavy atom. The lowest BCUT2D eigenvalue weighted by Gasteiger charge is -2.19. The van der Waals surface area contributed by atoms with Gasteiger partial charge in [-0.2, -0.15) is 5.10 Å². The predicted octanol–water partition coefficient (Wildman–Crippen LogP) is 0.125. The average molecular weight is 260 g/mol. The topological polar surface area (TPSA) is 98.9 Å². The predicted molar refractivity (Wildman–Crippen MR) is 69.3 cm³/mol. The molecule has 2 aromatic rings. The Kier molecular flexibility index (Phi) is 3.56. The highest BCUT2D eigenvalue weighted by molar-refractivity contribution is 6.04. The van der Waals surface area contributed by atoms with Gasteiger partial charge >= 0.3 is 5.69 Å². The van der Waals surface area contributed by atoms with Crippen LogP contribution in [0.5, 0.6) is 0 Å². The quantitative estimate of drug-likeness (QED) is 0.819. The second kappa shape index (κ2) is 5.30. The maximum absolute atomic E-state index is 12.2. The summed E-state index contributed by atoms with van der Waals surface area (Å²) >= 11 is 0. The molecule has 7 heteroatoms. The van der Waals surface area contributed by atoms with Crippen LogP contribution in [-0.4, -0.2) is 27.6 Å². The van der Waals surface area contributed by atoms with Crippen LogP contribution in [0.2, 0.25) is 0 Å². The van der Waals surface area contributed by atoms with Gasteiger partial charge < -0.3 is 4.90 Å². The number of rotatable bonds is 3. The number of nitrogens with zero attached hydrogens (tertiary/aromatic N) is 2. The molecule has 19 heavy (non-hydrogen) atoms. The number of para-hydroxylation sites is 1. The first-order valence-corrected chi connectivity index (χ1v) is 5.69. The van der Waals surface area contributed by atoms with E-state index in [-0.39, 0.29) is 5.69 Å². The van der Waals surface area contributed by atoms with Gasteiger partial charge in [0.2, 0.25) is 5.69 Å². The number of aromatic amines is 2. The van der Waals surface area contributed by atoms with Crippen molar-refractivity contribution in [2.45, 2.75) is 6.92 Å². The normalized spacial score (nSPS) is 10.2. The summed E-state index contributed by atoms with van der Waals surface area (Å²) in [7, 11) is 0. The number of carbonyl (C=O) groups excluding carboxylic acids is 1. The fraction of sp³-hybridized carbons (Fsp3) is 0.167. The van der Waals surface area contributed by atoms with E-state index in [2.05, 4.69) is 5.10 Å². The van der Waals surface area contributed by atoms with Gasteiger partial charge in [-0.25, -0.2) is 9.89 Å². The lowest BCUT2D eigenvalue weighted by atomic mass is 10.2. The molecular formula is C12H12N4O3. The van der Waals surface area contributed by atoms with Crippen LogP contribution in [-0.2, 0) is 0 Å². The van der Waals surface area contributed by atoms with Crippen LogP contribution in [0.3, 0.4) is 0 Å². The minimum absolute atomic E-state index is 0.342. The van der Waals surface area contributed by atoms with Gasteiger partial charge in [0.25, 0.3) is 11.5 Å². The molecule has 0 bridgehead atoms. The van der Waals surface area contributed by atoms with E-state index in [1.165, 1.54) is 4.90 Å². The first-order valence-electron chi connectivity index (χ1n) is 5.69. The van der Waals surface area contributed by atoms with Crippen molar-refractivity contribution >= 4 is 11.6 Å². The van der Waals surface area contributed by atoms with Crippen LogP contribution in [0.25, 0.3) is 0 Å². The van der Waals surface area contributed by atoms with Gasteiger partial charge in [0.1, 0.15) is 0 Å². The molecule has 0 fully saturated rings. The van der Waals surface area contributed by atoms with Gasteiger partial charge in [-0.1, -0.05) is 18.2 Å². The zero-order valence-corrected chi connectivity index (χ0v) is 10.2. The van der Waals surface area contributed by atoms with Crippen LogP contribution in [0.15, 0.2) is 39.9 Å². The number of H-pyrrole nitrogens is 2. The summed E-state index contributed by atoms with van der Waals surface area (Å²) < 4.78 is 0. The molecule has 0 aliphatic carbocycles. The van der Waals surface area contributed by atoms with Gasteiger partial charge in [0.05, 0.1) is 0 Å². The Balaban J connectivity index is 2.42. The average Bonchev–Trinajstić information content (AvgIpc) is 2.40. The Morgan fingerprint density at radius 3 is 2.53 bits per heavy atom. The fourth-order valence-electron chi connectivity index (χ4n) is 1.67. The third-order valence-electron chi connectivity index (χ3n) is 2.54. The number of anilines is 1. The van der Waals surface area contributed by atoms with E-state index in [4.69, 9.17) is 0 Å². The molecule has 0 aliphatic heterocycles. The molecule has 1 aromatic heterocycles. The summed E-state index contributed by atoms with van der Waals surface area (Å²) in [5.74, 6) is -0.564. The monoisotopic (exact) mass is 260 g/mol. The van der Waals surface area contributed by atoms with Crippen LogP contribution in [0.1, 0.15) is 17.4 Å². The minimum Gasteiger partial charge on any atom is -0.307 e. The van der Waals surface area contributed by atoms with E-state index in [0.717, 1.165) is 0 Å². The SMILES string of the molecule is CCN(C(=O)c1n[nH]c(=O)[nH]c1=O)c1ccccc1. The molecule has 2 N–H and O–H groups in total. The van der Waals surface area contributed by atoms with Crippen molar-refractivity contribution in [2.75, 3.05) is 11.4 Å². The number of hydrogen-bond acceptors (Lipinski definition) is 4. The smallest absolute Gasteiger partial charge is 0.307 e. The summed E-state index contributed by atoms with van der Waals surface area (Å²) in [6.07, 6.45) is 0. The summed E-state index contributed by atoms with van der Waals surface area (Å²) in [6, 6.07) is 8.90. The maximum atomic E-state index is 12.2. The summed E-state index contributed by atoms with van der Waals surface area (Å²) in [4.78, 5) is 38.0. The molecular weight excluding hydrogens is 248 g/mol. The third kappa shape index (κ3) is 2.59. The van der Waals surface area contributed by atoms with Crippen molar-refractivity contribution in [2.24, 2.45) is 0 Å². The van der Waals surface area contributed by atoms with E-state index in [0.29, 0.717) is 12.2 Å². The molecule has 0 saturated heterocycles. The standard InChI is InChI=1S/C12H12N4O3/c1-2-16(8-6-4-3-5-7-8)11(18)9-10(17)13-12(19)15-14-9/h3-7H,2H2,1H3,(H2,13,15,17,19). The molecule has 0 spiro atoms. The number of hydrogen-bond donors (Lipinski definition) is 2. The number of amides is 1. The van der Waals surface area contributed by atoms with E-state index in [1.807, 2.05) is 16.1 Å². The van der Waals surface area contributed by atoms with Crippen molar-refractivity contribution in [1.29, 1.82) is 0 Å². The first-order chi connectivity index (χ1) is 9.13. The van der Waals surface area contributed by atoms with Crippen molar-refractivity contribution in [3.63, 3.8) is 0 Å². The van der Waals surface area contributed by atoms with Crippen LogP contribution < -0.4 is 16.1 Å². The Labute approximate surface area is 107 Å². The number of aromatic nitrogens is 3. The van der Waals surface area contributed by atoms with Gasteiger partial charge in [-0.05, 0) is 19.1 Å². The molecule has 1 amide bonds. The van der Waals surface area contributed by atoms with Crippen LogP contribution in [0.4, 0.5) is 5.69 Å². The minimum atomic E-state index is -0.803. The molecule has 2 rings (SSSR count). The number of carbonyl (C=O) groups is 1. The van der Waals surface area contributed by atoms with Gasteiger partial charge in [0.15, 0.2) is 0 Å². The van der Waals surface area contributed by atoms with E-state index >= 15 is 0 Å². The Morgan fingerprint density at radius 2 is 1.95 bits per heavy atom. The van der Waals surface area contributed by atoms with Crippen molar-refractivity contribution in [3.8, 4) is 0 Å². The van der Waals surface area contributed by atoms with E-state index in [9.17, 15) is 14.4 Å². The van der Waals surface area contributed by atoms with E-state index < -0.39 is 17.2 Å². The molecule has 98 valence electrons. The highest BCUT2D eigenvalue weighted by atomic mass is 16.2. The zero-order valence-electron chi connectivity index (χ0n) is 10.2. The maximum Gasteiger partial charge on any atom is 0.342 e. The lowest BCUT2D eigenvalue weighted by molar-refractivity contribution is 0.0980. The molecule has 1 aromatic carbocycles. The Bertz CT molecular complexity index is 690. The second-order valence-electron chi connectivity index (χ2n) is 3.74. The molecule has 1 heterocycles. The number of benzene rings is 1. The molecule has 0 saturated carbocycles. The highest BCUT2D eigenvalue weighted by Crippen LogP contribution is 2.14.